The lowest BCUT2D eigenvalue weighted by molar-refractivity contribution is 0.0224. The minimum absolute atomic E-state index is 0.0345. The molecular weight excluding hydrogens is 308 g/mol. The van der Waals surface area contributed by atoms with Gasteiger partial charge in [0.2, 0.25) is 0 Å². The molecule has 1 unspecified atom stereocenters. The number of aromatic nitrogens is 1. The van der Waals surface area contributed by atoms with Crippen molar-refractivity contribution in [1.29, 1.82) is 0 Å². The number of amides is 1. The van der Waals surface area contributed by atoms with Crippen LogP contribution in [0.25, 0.3) is 11.3 Å². The molecule has 1 fully saturated rings. The van der Waals surface area contributed by atoms with Crippen LogP contribution in [0.3, 0.4) is 0 Å². The van der Waals surface area contributed by atoms with Gasteiger partial charge in [-0.1, -0.05) is 30.3 Å². The molecule has 0 N–H and O–H groups in total. The van der Waals surface area contributed by atoms with E-state index in [1.54, 1.807) is 11.3 Å². The van der Waals surface area contributed by atoms with Crippen LogP contribution < -0.4 is 0 Å². The number of carbonyl (C=O) groups excluding carboxylic acids is 1. The van der Waals surface area contributed by atoms with Gasteiger partial charge in [0.05, 0.1) is 11.7 Å². The van der Waals surface area contributed by atoms with E-state index in [4.69, 9.17) is 9.72 Å². The maximum absolute atomic E-state index is 12.4. The lowest BCUT2D eigenvalue weighted by Gasteiger charge is -2.27. The van der Waals surface area contributed by atoms with Crippen LogP contribution in [0.4, 0.5) is 4.79 Å². The lowest BCUT2D eigenvalue weighted by Crippen LogP contribution is -2.36. The first-order valence-corrected chi connectivity index (χ1v) is 8.82. The van der Waals surface area contributed by atoms with Gasteiger partial charge in [-0.2, -0.15) is 0 Å². The lowest BCUT2D eigenvalue weighted by atomic mass is 10.2. The van der Waals surface area contributed by atoms with Gasteiger partial charge < -0.3 is 4.74 Å². The monoisotopic (exact) mass is 330 g/mol. The summed E-state index contributed by atoms with van der Waals surface area (Å²) in [6.07, 6.45) is 1.70. The van der Waals surface area contributed by atoms with Crippen molar-refractivity contribution in [2.24, 2.45) is 0 Å². The van der Waals surface area contributed by atoms with E-state index in [0.717, 1.165) is 35.7 Å². The van der Waals surface area contributed by atoms with Crippen LogP contribution in [0.1, 0.15) is 44.7 Å². The van der Waals surface area contributed by atoms with Gasteiger partial charge in [-0.25, -0.2) is 9.78 Å². The Balaban J connectivity index is 1.78. The Morgan fingerprint density at radius 2 is 2.04 bits per heavy atom. The van der Waals surface area contributed by atoms with Crippen LogP contribution >= 0.6 is 11.3 Å². The second-order valence-electron chi connectivity index (χ2n) is 6.77. The predicted molar refractivity (Wildman–Crippen MR) is 92.5 cm³/mol. The molecule has 0 spiro atoms. The largest absolute Gasteiger partial charge is 0.444 e. The third-order valence-corrected chi connectivity index (χ3v) is 4.70. The van der Waals surface area contributed by atoms with Crippen LogP contribution in [-0.2, 0) is 4.74 Å². The molecule has 0 bridgehead atoms. The smallest absolute Gasteiger partial charge is 0.410 e. The zero-order valence-electron chi connectivity index (χ0n) is 13.8. The fraction of sp³-hybridized carbons (Fsp3) is 0.444. The summed E-state index contributed by atoms with van der Waals surface area (Å²) in [6, 6.07) is 10.2. The first-order chi connectivity index (χ1) is 10.9. The Hall–Kier alpha value is -1.88. The number of hydrogen-bond acceptors (Lipinski definition) is 4. The molecule has 0 aliphatic carbocycles. The summed E-state index contributed by atoms with van der Waals surface area (Å²) < 4.78 is 5.53. The molecule has 1 aromatic heterocycles. The van der Waals surface area contributed by atoms with Gasteiger partial charge in [0.25, 0.3) is 0 Å². The SMILES string of the molecule is CC(C)(C)OC(=O)N1CCCC1c1nc(-c2ccccc2)cs1. The van der Waals surface area contributed by atoms with Crippen LogP contribution in [0.2, 0.25) is 0 Å². The summed E-state index contributed by atoms with van der Waals surface area (Å²) in [5.74, 6) is 0. The number of carbonyl (C=O) groups is 1. The molecule has 1 aliphatic heterocycles. The van der Waals surface area contributed by atoms with Gasteiger partial charge >= 0.3 is 6.09 Å². The van der Waals surface area contributed by atoms with Gasteiger partial charge in [0.15, 0.2) is 0 Å². The highest BCUT2D eigenvalue weighted by atomic mass is 32.1. The third-order valence-electron chi connectivity index (χ3n) is 3.76. The van der Waals surface area contributed by atoms with Crippen molar-refractivity contribution >= 4 is 17.4 Å². The first kappa shape index (κ1) is 16.0. The van der Waals surface area contributed by atoms with Crippen LogP contribution in [0, 0.1) is 0 Å². The van der Waals surface area contributed by atoms with Gasteiger partial charge in [0.1, 0.15) is 10.6 Å². The summed E-state index contributed by atoms with van der Waals surface area (Å²) in [5.41, 5.74) is 1.61. The van der Waals surface area contributed by atoms with Crippen molar-refractivity contribution in [3.8, 4) is 11.3 Å². The van der Waals surface area contributed by atoms with Crippen LogP contribution in [-0.4, -0.2) is 28.1 Å². The molecule has 2 aromatic rings. The number of rotatable bonds is 2. The van der Waals surface area contributed by atoms with Crippen molar-refractivity contribution in [3.05, 3.63) is 40.7 Å². The summed E-state index contributed by atoms with van der Waals surface area (Å²) >= 11 is 1.62. The van der Waals surface area contributed by atoms with Gasteiger partial charge in [-0.3, -0.25) is 4.90 Å². The predicted octanol–water partition coefficient (Wildman–Crippen LogP) is 4.88. The van der Waals surface area contributed by atoms with E-state index < -0.39 is 5.60 Å². The van der Waals surface area contributed by atoms with E-state index >= 15 is 0 Å². The molecule has 1 atom stereocenters. The average molecular weight is 330 g/mol. The Labute approximate surface area is 141 Å². The molecule has 0 radical (unpaired) electrons. The zero-order chi connectivity index (χ0) is 16.4. The second-order valence-corrected chi connectivity index (χ2v) is 7.66. The molecule has 1 aliphatic rings. The molecule has 2 heterocycles. The molecule has 1 aromatic carbocycles. The maximum atomic E-state index is 12.4. The molecule has 122 valence electrons. The summed E-state index contributed by atoms with van der Waals surface area (Å²) in [7, 11) is 0. The standard InChI is InChI=1S/C18H22N2O2S/c1-18(2,3)22-17(21)20-11-7-10-15(20)16-19-14(12-23-16)13-8-5-4-6-9-13/h4-6,8-9,12,15H,7,10-11H2,1-3H3. The highest BCUT2D eigenvalue weighted by molar-refractivity contribution is 7.10. The molecule has 23 heavy (non-hydrogen) atoms. The van der Waals surface area contributed by atoms with Crippen LogP contribution in [0.5, 0.6) is 0 Å². The summed E-state index contributed by atoms with van der Waals surface area (Å²) in [4.78, 5) is 19.0. The van der Waals surface area contributed by atoms with Gasteiger partial charge in [0, 0.05) is 17.5 Å². The van der Waals surface area contributed by atoms with Crippen molar-refractivity contribution in [3.63, 3.8) is 0 Å². The van der Waals surface area contributed by atoms with E-state index in [1.165, 1.54) is 0 Å². The first-order valence-electron chi connectivity index (χ1n) is 7.94. The molecule has 1 saturated heterocycles. The Morgan fingerprint density at radius 3 is 2.74 bits per heavy atom. The Bertz CT molecular complexity index is 676. The van der Waals surface area contributed by atoms with Crippen LogP contribution in [0.15, 0.2) is 35.7 Å². The number of likely N-dealkylation sites (tertiary alicyclic amines) is 1. The zero-order valence-corrected chi connectivity index (χ0v) is 14.6. The van der Waals surface area contributed by atoms with E-state index in [0.29, 0.717) is 0 Å². The van der Waals surface area contributed by atoms with Crippen molar-refractivity contribution in [1.82, 2.24) is 9.88 Å². The molecule has 0 saturated carbocycles. The van der Waals surface area contributed by atoms with E-state index in [-0.39, 0.29) is 12.1 Å². The number of hydrogen-bond donors (Lipinski definition) is 0. The summed E-state index contributed by atoms with van der Waals surface area (Å²) in [6.45, 7) is 6.42. The topological polar surface area (TPSA) is 42.4 Å². The minimum Gasteiger partial charge on any atom is -0.444 e. The quantitative estimate of drug-likeness (QED) is 0.788. The minimum atomic E-state index is -0.470. The Kier molecular flexibility index (Phi) is 4.39. The van der Waals surface area contributed by atoms with E-state index in [1.807, 2.05) is 43.9 Å². The Morgan fingerprint density at radius 1 is 1.30 bits per heavy atom. The average Bonchev–Trinajstić information content (AvgIpc) is 3.15. The van der Waals surface area contributed by atoms with Crippen molar-refractivity contribution in [2.75, 3.05) is 6.54 Å². The molecule has 4 nitrogen and oxygen atoms in total. The number of ether oxygens (including phenoxy) is 1. The highest BCUT2D eigenvalue weighted by Gasteiger charge is 2.34. The molecular formula is C18H22N2O2S. The highest BCUT2D eigenvalue weighted by Crippen LogP contribution is 2.36. The molecule has 1 amide bonds. The number of nitrogens with zero attached hydrogens (tertiary/aromatic N) is 2. The molecule has 5 heteroatoms. The van der Waals surface area contributed by atoms with Crippen molar-refractivity contribution in [2.45, 2.75) is 45.3 Å². The fourth-order valence-electron chi connectivity index (χ4n) is 2.74. The molecule has 3 rings (SSSR count). The second kappa shape index (κ2) is 6.32. The maximum Gasteiger partial charge on any atom is 0.410 e. The van der Waals surface area contributed by atoms with E-state index in [9.17, 15) is 4.79 Å². The number of benzene rings is 1. The van der Waals surface area contributed by atoms with Gasteiger partial charge in [-0.05, 0) is 33.6 Å². The van der Waals surface area contributed by atoms with Crippen molar-refractivity contribution < 1.29 is 9.53 Å². The third kappa shape index (κ3) is 3.72. The fourth-order valence-corrected chi connectivity index (χ4v) is 3.72. The van der Waals surface area contributed by atoms with E-state index in [2.05, 4.69) is 17.5 Å². The summed E-state index contributed by atoms with van der Waals surface area (Å²) in [5, 5.41) is 3.06. The van der Waals surface area contributed by atoms with Gasteiger partial charge in [-0.15, -0.1) is 11.3 Å². The number of thiazole rings is 1. The normalized spacial score (nSPS) is 18.2.